The van der Waals surface area contributed by atoms with Gasteiger partial charge in [0, 0.05) is 93.7 Å². The molecule has 3 atom stereocenters. The second-order valence-corrected chi connectivity index (χ2v) is 19.3. The van der Waals surface area contributed by atoms with E-state index < -0.39 is 6.03 Å². The highest BCUT2D eigenvalue weighted by molar-refractivity contribution is 6.06. The van der Waals surface area contributed by atoms with Crippen molar-refractivity contribution in [2.45, 2.75) is 88.4 Å². The van der Waals surface area contributed by atoms with Gasteiger partial charge in [-0.25, -0.2) is 14.2 Å². The number of hydrogen-bond donors (Lipinski definition) is 3. The Balaban J connectivity index is 0.668. The number of fused-ring (bicyclic) bond motifs is 3. The minimum absolute atomic E-state index is 0.0803. The number of nitrogen functional groups attached to an aromatic ring is 1. The van der Waals surface area contributed by atoms with Crippen LogP contribution in [0.25, 0.3) is 22.3 Å². The molecule has 2 aromatic carbocycles. The summed E-state index contributed by atoms with van der Waals surface area (Å²) < 4.78 is 24.7. The lowest BCUT2D eigenvalue weighted by molar-refractivity contribution is -0.126. The molecule has 65 heavy (non-hydrogen) atoms. The number of aromatic hydroxyl groups is 1. The van der Waals surface area contributed by atoms with Gasteiger partial charge < -0.3 is 39.7 Å². The lowest BCUT2D eigenvalue weighted by atomic mass is 9.83. The minimum Gasteiger partial charge on any atom is -0.507 e. The lowest BCUT2D eigenvalue weighted by Crippen LogP contribution is -2.54. The molecule has 11 rings (SSSR count). The highest BCUT2D eigenvalue weighted by Crippen LogP contribution is 2.43. The predicted octanol–water partition coefficient (Wildman–Crippen LogP) is 6.64. The number of amides is 3. The third-order valence-electron chi connectivity index (χ3n) is 15.4. The summed E-state index contributed by atoms with van der Waals surface area (Å²) >= 11 is 0. The second kappa shape index (κ2) is 16.8. The number of nitrogens with zero attached hydrogens (tertiary/aromatic N) is 9. The van der Waals surface area contributed by atoms with Gasteiger partial charge in [-0.3, -0.25) is 15.0 Å². The summed E-state index contributed by atoms with van der Waals surface area (Å²) in [5.41, 5.74) is 12.8. The number of hydrogen-bond acceptors (Lipinski definition) is 12. The fraction of sp³-hybridized carbons (Fsp3) is 0.490. The molecule has 9 heterocycles. The van der Waals surface area contributed by atoms with Crippen LogP contribution in [0.5, 0.6) is 5.75 Å². The molecule has 0 saturated carbocycles. The van der Waals surface area contributed by atoms with Gasteiger partial charge in [0.1, 0.15) is 17.2 Å². The summed E-state index contributed by atoms with van der Waals surface area (Å²) in [5.74, 6) is 0.710. The number of phenolic OH excluding ortho intramolecular Hbond substituents is 1. The normalized spacial score (nSPS) is 24.1. The maximum absolute atomic E-state index is 15.6. The summed E-state index contributed by atoms with van der Waals surface area (Å²) in [5, 5.41) is 22.4. The first-order chi connectivity index (χ1) is 31.6. The molecule has 2 bridgehead atoms. The summed E-state index contributed by atoms with van der Waals surface area (Å²) in [6.45, 7) is 9.46. The van der Waals surface area contributed by atoms with Crippen LogP contribution in [0, 0.1) is 18.7 Å². The van der Waals surface area contributed by atoms with E-state index in [1.165, 1.54) is 0 Å². The first-order valence-electron chi connectivity index (χ1n) is 23.5. The molecule has 6 aliphatic heterocycles. The Kier molecular flexibility index (Phi) is 10.8. The maximum Gasteiger partial charge on any atom is 0.328 e. The van der Waals surface area contributed by atoms with Gasteiger partial charge in [-0.15, -0.1) is 10.2 Å². The Bertz CT molecular complexity index is 2600. The third kappa shape index (κ3) is 7.87. The van der Waals surface area contributed by atoms with E-state index >= 15 is 4.39 Å². The summed E-state index contributed by atoms with van der Waals surface area (Å²) in [6, 6.07) is 17.1. The van der Waals surface area contributed by atoms with Crippen molar-refractivity contribution in [2.75, 3.05) is 84.3 Å². The van der Waals surface area contributed by atoms with Crippen molar-refractivity contribution in [1.29, 1.82) is 0 Å². The molecular weight excluding hydrogens is 826 g/mol. The predicted molar refractivity (Wildman–Crippen MR) is 249 cm³/mol. The molecule has 15 nitrogen and oxygen atoms in total. The van der Waals surface area contributed by atoms with Crippen LogP contribution in [0.2, 0.25) is 0 Å². The Hall–Kier alpha value is -6.00. The first-order valence-corrected chi connectivity index (χ1v) is 23.5. The Morgan fingerprint density at radius 3 is 2.38 bits per heavy atom. The fourth-order valence-electron chi connectivity index (χ4n) is 11.7. The molecule has 16 heteroatoms. The number of para-hydroxylation sites is 1. The molecule has 3 aromatic heterocycles. The van der Waals surface area contributed by atoms with E-state index in [1.54, 1.807) is 29.3 Å². The number of piperidine rings is 2. The number of imide groups is 1. The second-order valence-electron chi connectivity index (χ2n) is 19.3. The van der Waals surface area contributed by atoms with E-state index in [4.69, 9.17) is 15.5 Å². The van der Waals surface area contributed by atoms with Crippen LogP contribution in [0.4, 0.5) is 37.8 Å². The molecular formula is C49H58FN11O4. The number of pyridine rings is 1. The fourth-order valence-corrected chi connectivity index (χ4v) is 11.7. The summed E-state index contributed by atoms with van der Waals surface area (Å²) in [4.78, 5) is 40.2. The van der Waals surface area contributed by atoms with Crippen LogP contribution in [0.15, 0.2) is 67.0 Å². The first kappa shape index (κ1) is 41.7. The van der Waals surface area contributed by atoms with Crippen molar-refractivity contribution in [2.24, 2.45) is 5.92 Å². The number of aryl methyl sites for hydroxylation is 1. The molecule has 0 aliphatic carbocycles. The number of anilines is 5. The van der Waals surface area contributed by atoms with Gasteiger partial charge in [0.25, 0.3) is 0 Å². The SMILES string of the molecule is Cc1cn([C@H]2CCC3(CCN(CC4CCN(c5cc(N6C7CCC6CN(c6cc(-c8ccccc8O)nnc6N)C7)ccc5F)CC4)CC3)OC2)c2ncc(N3CCC(=O)NC3=O)cc12. The van der Waals surface area contributed by atoms with E-state index in [1.807, 2.05) is 30.3 Å². The minimum atomic E-state index is -0.402. The monoisotopic (exact) mass is 883 g/mol. The third-order valence-corrected chi connectivity index (χ3v) is 15.4. The van der Waals surface area contributed by atoms with Crippen LogP contribution < -0.4 is 30.7 Å². The van der Waals surface area contributed by atoms with Crippen molar-refractivity contribution in [3.63, 3.8) is 0 Å². The van der Waals surface area contributed by atoms with E-state index in [0.717, 1.165) is 125 Å². The maximum atomic E-state index is 15.6. The number of likely N-dealkylation sites (tertiary alicyclic amines) is 1. The van der Waals surface area contributed by atoms with Crippen molar-refractivity contribution < 1.29 is 23.8 Å². The molecule has 3 amide bonds. The number of ether oxygens (including phenoxy) is 1. The van der Waals surface area contributed by atoms with E-state index in [0.29, 0.717) is 47.5 Å². The van der Waals surface area contributed by atoms with E-state index in [2.05, 4.69) is 58.9 Å². The molecule has 6 aliphatic rings. The van der Waals surface area contributed by atoms with Crippen LogP contribution in [0.3, 0.4) is 0 Å². The van der Waals surface area contributed by atoms with Crippen molar-refractivity contribution in [3.05, 3.63) is 78.4 Å². The Labute approximate surface area is 378 Å². The number of rotatable bonds is 8. The average Bonchev–Trinajstić information content (AvgIpc) is 3.78. The molecule has 340 valence electrons. The van der Waals surface area contributed by atoms with Gasteiger partial charge >= 0.3 is 6.03 Å². The number of piperazine rings is 1. The number of carbonyl (C=O) groups is 2. The number of nitrogens with two attached hydrogens (primary N) is 1. The number of carbonyl (C=O) groups excluding carboxylic acids is 2. The Morgan fingerprint density at radius 2 is 1.65 bits per heavy atom. The van der Waals surface area contributed by atoms with Crippen LogP contribution in [0.1, 0.15) is 69.4 Å². The molecule has 1 spiro atoms. The summed E-state index contributed by atoms with van der Waals surface area (Å²) in [7, 11) is 0. The van der Waals surface area contributed by atoms with Crippen molar-refractivity contribution >= 4 is 51.5 Å². The molecule has 5 aromatic rings. The highest BCUT2D eigenvalue weighted by Gasteiger charge is 2.43. The highest BCUT2D eigenvalue weighted by atomic mass is 19.1. The quantitative estimate of drug-likeness (QED) is 0.153. The van der Waals surface area contributed by atoms with Gasteiger partial charge in [0.15, 0.2) is 5.82 Å². The topological polar surface area (TPSA) is 161 Å². The molecule has 4 N–H and O–H groups in total. The van der Waals surface area contributed by atoms with E-state index in [-0.39, 0.29) is 47.6 Å². The molecule has 2 unspecified atom stereocenters. The number of urea groups is 1. The molecule has 6 fully saturated rings. The Morgan fingerprint density at radius 1 is 0.862 bits per heavy atom. The van der Waals surface area contributed by atoms with Crippen LogP contribution >= 0.6 is 0 Å². The van der Waals surface area contributed by atoms with Crippen LogP contribution in [-0.2, 0) is 9.53 Å². The van der Waals surface area contributed by atoms with Gasteiger partial charge in [0.2, 0.25) is 5.91 Å². The zero-order valence-corrected chi connectivity index (χ0v) is 37.0. The summed E-state index contributed by atoms with van der Waals surface area (Å²) in [6.07, 6.45) is 12.5. The van der Waals surface area contributed by atoms with Gasteiger partial charge in [-0.2, -0.15) is 0 Å². The zero-order chi connectivity index (χ0) is 44.4. The van der Waals surface area contributed by atoms with Crippen molar-refractivity contribution in [3.8, 4) is 17.0 Å². The van der Waals surface area contributed by atoms with Crippen LogP contribution in [-0.4, -0.2) is 118 Å². The van der Waals surface area contributed by atoms with Gasteiger partial charge in [-0.1, -0.05) is 12.1 Å². The van der Waals surface area contributed by atoms with Gasteiger partial charge in [0.05, 0.1) is 47.2 Å². The number of benzene rings is 2. The largest absolute Gasteiger partial charge is 0.507 e. The standard InChI is InChI=1S/C49H58FN11O4/c1-31-26-60(47-39(31)22-37(25-52-47)59-19-13-45(63)53-48(59)64)36-10-14-49(65-30-36)15-20-56(21-16-49)27-32-11-17-57(18-12-32)42-23-33(8-9-40(42)50)61-34-6-7-35(61)29-58(28-34)43-24-41(54-55-46(43)51)38-4-2-3-5-44(38)62/h2-5,8-9,22-26,32,34-36,62H,6-7,10-21,27-30H2,1H3,(H2,51,55)(H,53,63,64)/t34?,35?,36-/m0/s1. The zero-order valence-electron chi connectivity index (χ0n) is 37.0. The van der Waals surface area contributed by atoms with Crippen molar-refractivity contribution in [1.82, 2.24) is 30.0 Å². The number of halogens is 1. The molecule has 6 saturated heterocycles. The smallest absolute Gasteiger partial charge is 0.328 e. The number of aromatic nitrogens is 4. The average molecular weight is 884 g/mol. The number of phenols is 1. The molecule has 0 radical (unpaired) electrons. The lowest BCUT2D eigenvalue weighted by Gasteiger charge is -2.47. The van der Waals surface area contributed by atoms with Gasteiger partial charge in [-0.05, 0) is 112 Å². The van der Waals surface area contributed by atoms with E-state index in [9.17, 15) is 14.7 Å². The number of nitrogens with one attached hydrogen (secondary N) is 1.